The first-order valence-electron chi connectivity index (χ1n) is 6.22. The van der Waals surface area contributed by atoms with E-state index in [-0.39, 0.29) is 18.4 Å². The lowest BCUT2D eigenvalue weighted by Gasteiger charge is -2.35. The van der Waals surface area contributed by atoms with Gasteiger partial charge < -0.3 is 9.64 Å². The molecule has 0 aliphatic carbocycles. The van der Waals surface area contributed by atoms with E-state index in [9.17, 15) is 13.2 Å². The van der Waals surface area contributed by atoms with Gasteiger partial charge in [-0.05, 0) is 20.8 Å². The zero-order chi connectivity index (χ0) is 14.7. The van der Waals surface area contributed by atoms with Gasteiger partial charge in [0.05, 0.1) is 5.75 Å². The van der Waals surface area contributed by atoms with Crippen LogP contribution in [-0.4, -0.2) is 72.9 Å². The molecule has 0 spiro atoms. The van der Waals surface area contributed by atoms with Crippen LogP contribution >= 0.6 is 0 Å². The molecule has 1 rings (SSSR count). The zero-order valence-electron chi connectivity index (χ0n) is 11.6. The molecule has 1 aliphatic rings. The van der Waals surface area contributed by atoms with E-state index in [0.717, 1.165) is 0 Å². The van der Waals surface area contributed by atoms with E-state index in [1.165, 1.54) is 0 Å². The van der Waals surface area contributed by atoms with Crippen molar-refractivity contribution in [1.29, 1.82) is 0 Å². The Morgan fingerprint density at radius 1 is 1.21 bits per heavy atom. The Hall–Kier alpha value is -0.860. The van der Waals surface area contributed by atoms with Crippen molar-refractivity contribution >= 4 is 16.2 Å². The van der Waals surface area contributed by atoms with Gasteiger partial charge in [0.25, 0.3) is 10.1 Å². The van der Waals surface area contributed by atoms with Crippen LogP contribution in [0.2, 0.25) is 0 Å². The molecule has 0 aromatic carbocycles. The van der Waals surface area contributed by atoms with Crippen LogP contribution in [0.5, 0.6) is 0 Å². The summed E-state index contributed by atoms with van der Waals surface area (Å²) in [5.74, 6) is -0.278. The van der Waals surface area contributed by atoms with Crippen molar-refractivity contribution in [3.05, 3.63) is 0 Å². The third-order valence-corrected chi connectivity index (χ3v) is 3.39. The first-order chi connectivity index (χ1) is 8.57. The standard InChI is InChI=1S/C11H22N2O5S/c1-11(2,3)18-10(14)13-6-4-12(5-7-13)8-9-19(15,16)17/h4-9H2,1-3H3,(H,15,16,17). The first-order valence-corrected chi connectivity index (χ1v) is 7.83. The molecule has 8 heteroatoms. The monoisotopic (exact) mass is 294 g/mol. The fraction of sp³-hybridized carbons (Fsp3) is 0.909. The van der Waals surface area contributed by atoms with E-state index in [0.29, 0.717) is 26.2 Å². The van der Waals surface area contributed by atoms with Gasteiger partial charge in [-0.3, -0.25) is 9.45 Å². The Morgan fingerprint density at radius 3 is 2.16 bits per heavy atom. The van der Waals surface area contributed by atoms with Crippen LogP contribution in [0.25, 0.3) is 0 Å². The highest BCUT2D eigenvalue weighted by molar-refractivity contribution is 7.85. The van der Waals surface area contributed by atoms with Crippen LogP contribution in [0.3, 0.4) is 0 Å². The summed E-state index contributed by atoms with van der Waals surface area (Å²) in [5, 5.41) is 0. The largest absolute Gasteiger partial charge is 0.444 e. The van der Waals surface area contributed by atoms with Crippen molar-refractivity contribution in [1.82, 2.24) is 9.80 Å². The lowest BCUT2D eigenvalue weighted by Crippen LogP contribution is -2.50. The maximum atomic E-state index is 11.8. The molecule has 112 valence electrons. The number of ether oxygens (including phenoxy) is 1. The highest BCUT2D eigenvalue weighted by Gasteiger charge is 2.26. The molecule has 1 aliphatic heterocycles. The van der Waals surface area contributed by atoms with Crippen LogP contribution in [0.1, 0.15) is 20.8 Å². The number of rotatable bonds is 3. The predicted molar refractivity (Wildman–Crippen MR) is 70.7 cm³/mol. The molecule has 19 heavy (non-hydrogen) atoms. The number of nitrogens with zero attached hydrogens (tertiary/aromatic N) is 2. The van der Waals surface area contributed by atoms with E-state index in [4.69, 9.17) is 9.29 Å². The topological polar surface area (TPSA) is 87.2 Å². The highest BCUT2D eigenvalue weighted by Crippen LogP contribution is 2.11. The maximum Gasteiger partial charge on any atom is 0.410 e. The molecule has 0 radical (unpaired) electrons. The fourth-order valence-electron chi connectivity index (χ4n) is 1.72. The lowest BCUT2D eigenvalue weighted by atomic mass is 10.2. The number of amides is 1. The summed E-state index contributed by atoms with van der Waals surface area (Å²) in [4.78, 5) is 15.3. The predicted octanol–water partition coefficient (Wildman–Crippen LogP) is 0.427. The van der Waals surface area contributed by atoms with Crippen LogP contribution in [0.15, 0.2) is 0 Å². The van der Waals surface area contributed by atoms with Gasteiger partial charge in [-0.1, -0.05) is 0 Å². The van der Waals surface area contributed by atoms with Crippen LogP contribution < -0.4 is 0 Å². The van der Waals surface area contributed by atoms with Crippen LogP contribution in [0, 0.1) is 0 Å². The summed E-state index contributed by atoms with van der Waals surface area (Å²) < 4.78 is 35.2. The van der Waals surface area contributed by atoms with Crippen molar-refractivity contribution in [2.75, 3.05) is 38.5 Å². The molecule has 1 saturated heterocycles. The van der Waals surface area contributed by atoms with Gasteiger partial charge >= 0.3 is 6.09 Å². The second kappa shape index (κ2) is 6.06. The van der Waals surface area contributed by atoms with Crippen LogP contribution in [0.4, 0.5) is 4.79 Å². The SMILES string of the molecule is CC(C)(C)OC(=O)N1CCN(CCS(=O)(=O)O)CC1. The van der Waals surface area contributed by atoms with Gasteiger partial charge in [-0.25, -0.2) is 4.79 Å². The summed E-state index contributed by atoms with van der Waals surface area (Å²) in [7, 11) is -3.92. The molecule has 1 heterocycles. The minimum Gasteiger partial charge on any atom is -0.444 e. The summed E-state index contributed by atoms with van der Waals surface area (Å²) in [6.45, 7) is 7.87. The summed E-state index contributed by atoms with van der Waals surface area (Å²) in [6.07, 6.45) is -0.345. The number of carbonyl (C=O) groups is 1. The quantitative estimate of drug-likeness (QED) is 0.759. The third-order valence-electron chi connectivity index (χ3n) is 2.69. The van der Waals surface area contributed by atoms with E-state index in [1.54, 1.807) is 4.90 Å². The summed E-state index contributed by atoms with van der Waals surface area (Å²) >= 11 is 0. The van der Waals surface area contributed by atoms with E-state index < -0.39 is 15.7 Å². The molecule has 0 saturated carbocycles. The van der Waals surface area contributed by atoms with Gasteiger partial charge in [0.1, 0.15) is 5.60 Å². The molecular formula is C11H22N2O5S. The maximum absolute atomic E-state index is 11.8. The molecule has 0 unspecified atom stereocenters. The van der Waals surface area contributed by atoms with Crippen LogP contribution in [-0.2, 0) is 14.9 Å². The van der Waals surface area contributed by atoms with Gasteiger partial charge in [0, 0.05) is 32.7 Å². The Balaban J connectivity index is 2.35. The van der Waals surface area contributed by atoms with Gasteiger partial charge in [0.15, 0.2) is 0 Å². The van der Waals surface area contributed by atoms with Crippen molar-refractivity contribution < 1.29 is 22.5 Å². The van der Waals surface area contributed by atoms with Gasteiger partial charge in [-0.2, -0.15) is 8.42 Å². The van der Waals surface area contributed by atoms with Crippen molar-refractivity contribution in [2.45, 2.75) is 26.4 Å². The molecule has 1 fully saturated rings. The first kappa shape index (κ1) is 16.2. The second-order valence-electron chi connectivity index (χ2n) is 5.60. The second-order valence-corrected chi connectivity index (χ2v) is 7.17. The smallest absolute Gasteiger partial charge is 0.410 e. The van der Waals surface area contributed by atoms with Crippen molar-refractivity contribution in [2.24, 2.45) is 0 Å². The number of hydrogen-bond acceptors (Lipinski definition) is 5. The molecular weight excluding hydrogens is 272 g/mol. The summed E-state index contributed by atoms with van der Waals surface area (Å²) in [5.41, 5.74) is -0.515. The Bertz CT molecular complexity index is 407. The molecule has 0 bridgehead atoms. The Kier molecular flexibility index (Phi) is 5.17. The molecule has 0 aromatic heterocycles. The zero-order valence-corrected chi connectivity index (χ0v) is 12.4. The molecule has 0 aromatic rings. The highest BCUT2D eigenvalue weighted by atomic mass is 32.2. The Morgan fingerprint density at radius 2 is 1.74 bits per heavy atom. The molecule has 7 nitrogen and oxygen atoms in total. The molecule has 1 amide bonds. The van der Waals surface area contributed by atoms with E-state index >= 15 is 0 Å². The lowest BCUT2D eigenvalue weighted by molar-refractivity contribution is 0.0149. The van der Waals surface area contributed by atoms with Crippen molar-refractivity contribution in [3.8, 4) is 0 Å². The average molecular weight is 294 g/mol. The Labute approximate surface area is 114 Å². The van der Waals surface area contributed by atoms with Gasteiger partial charge in [0.2, 0.25) is 0 Å². The number of piperazine rings is 1. The number of hydrogen-bond donors (Lipinski definition) is 1. The molecule has 1 N–H and O–H groups in total. The van der Waals surface area contributed by atoms with E-state index in [1.807, 2.05) is 25.7 Å². The minimum atomic E-state index is -3.92. The third kappa shape index (κ3) is 6.74. The molecule has 0 atom stereocenters. The normalized spacial score (nSPS) is 18.4. The van der Waals surface area contributed by atoms with Crippen molar-refractivity contribution in [3.63, 3.8) is 0 Å². The minimum absolute atomic E-state index is 0.278. The van der Waals surface area contributed by atoms with Gasteiger partial charge in [-0.15, -0.1) is 0 Å². The number of carbonyl (C=O) groups excluding carboxylic acids is 1. The average Bonchev–Trinajstić information content (AvgIpc) is 2.23. The fourth-order valence-corrected chi connectivity index (χ4v) is 2.21. The summed E-state index contributed by atoms with van der Waals surface area (Å²) in [6, 6.07) is 0. The van der Waals surface area contributed by atoms with E-state index in [2.05, 4.69) is 0 Å².